The molecule has 1 aromatic rings. The smallest absolute Gasteiger partial charge is 0.309 e. The van der Waals surface area contributed by atoms with Gasteiger partial charge in [0, 0.05) is 6.61 Å². The summed E-state index contributed by atoms with van der Waals surface area (Å²) in [5.41, 5.74) is 2.03. The maximum Gasteiger partial charge on any atom is 0.309 e. The zero-order valence-corrected chi connectivity index (χ0v) is 9.86. The number of carbonyl (C=O) groups excluding carboxylic acids is 1. The fourth-order valence-corrected chi connectivity index (χ4v) is 1.42. The molecule has 0 saturated carbocycles. The average Bonchev–Trinajstić information content (AvgIpc) is 2.31. The Morgan fingerprint density at radius 3 is 2.56 bits per heavy atom. The Kier molecular flexibility index (Phi) is 5.57. The Labute approximate surface area is 96.4 Å². The van der Waals surface area contributed by atoms with Crippen molar-refractivity contribution in [3.05, 3.63) is 35.4 Å². The molecule has 0 aromatic heterocycles. The zero-order chi connectivity index (χ0) is 11.8. The first-order valence-electron chi connectivity index (χ1n) is 5.49. The molecule has 3 heteroatoms. The standard InChI is InChI=1S/C13H18O3/c1-3-8-16-10-12-7-5-4-6-11(12)9-13(14)15-2/h4-7H,3,8-10H2,1-2H3. The molecular weight excluding hydrogens is 204 g/mol. The van der Waals surface area contributed by atoms with Gasteiger partial charge in [-0.2, -0.15) is 0 Å². The van der Waals surface area contributed by atoms with Crippen LogP contribution in [-0.4, -0.2) is 19.7 Å². The van der Waals surface area contributed by atoms with Crippen molar-refractivity contribution in [2.24, 2.45) is 0 Å². The number of hydrogen-bond donors (Lipinski definition) is 0. The highest BCUT2D eigenvalue weighted by atomic mass is 16.5. The molecule has 0 aliphatic heterocycles. The van der Waals surface area contributed by atoms with Gasteiger partial charge in [0.1, 0.15) is 0 Å². The van der Waals surface area contributed by atoms with Crippen molar-refractivity contribution in [1.82, 2.24) is 0 Å². The lowest BCUT2D eigenvalue weighted by Crippen LogP contribution is -2.07. The molecular formula is C13H18O3. The van der Waals surface area contributed by atoms with Crippen LogP contribution >= 0.6 is 0 Å². The molecule has 0 bridgehead atoms. The third-order valence-electron chi connectivity index (χ3n) is 2.29. The van der Waals surface area contributed by atoms with Crippen LogP contribution < -0.4 is 0 Å². The lowest BCUT2D eigenvalue weighted by Gasteiger charge is -2.08. The van der Waals surface area contributed by atoms with Crippen molar-refractivity contribution in [1.29, 1.82) is 0 Å². The SMILES string of the molecule is CCCOCc1ccccc1CC(=O)OC. The van der Waals surface area contributed by atoms with Crippen molar-refractivity contribution in [3.8, 4) is 0 Å². The van der Waals surface area contributed by atoms with Crippen LogP contribution in [-0.2, 0) is 27.3 Å². The highest BCUT2D eigenvalue weighted by Crippen LogP contribution is 2.11. The van der Waals surface area contributed by atoms with E-state index in [4.69, 9.17) is 4.74 Å². The molecule has 0 aliphatic carbocycles. The minimum atomic E-state index is -0.219. The van der Waals surface area contributed by atoms with Gasteiger partial charge in [-0.1, -0.05) is 31.2 Å². The van der Waals surface area contributed by atoms with Crippen molar-refractivity contribution >= 4 is 5.97 Å². The second kappa shape index (κ2) is 7.01. The summed E-state index contributed by atoms with van der Waals surface area (Å²) in [5.74, 6) is -0.219. The monoisotopic (exact) mass is 222 g/mol. The second-order valence-electron chi connectivity index (χ2n) is 3.57. The molecule has 3 nitrogen and oxygen atoms in total. The number of ether oxygens (including phenoxy) is 2. The normalized spacial score (nSPS) is 10.1. The van der Waals surface area contributed by atoms with Crippen molar-refractivity contribution in [2.75, 3.05) is 13.7 Å². The van der Waals surface area contributed by atoms with E-state index in [0.717, 1.165) is 24.2 Å². The van der Waals surface area contributed by atoms with Gasteiger partial charge in [-0.25, -0.2) is 0 Å². The summed E-state index contributed by atoms with van der Waals surface area (Å²) < 4.78 is 10.1. The van der Waals surface area contributed by atoms with Crippen LogP contribution in [0.5, 0.6) is 0 Å². The van der Waals surface area contributed by atoms with Crippen molar-refractivity contribution in [2.45, 2.75) is 26.4 Å². The Morgan fingerprint density at radius 1 is 1.25 bits per heavy atom. The molecule has 0 heterocycles. The molecule has 1 aromatic carbocycles. The van der Waals surface area contributed by atoms with E-state index >= 15 is 0 Å². The van der Waals surface area contributed by atoms with Crippen molar-refractivity contribution in [3.63, 3.8) is 0 Å². The van der Waals surface area contributed by atoms with Gasteiger partial charge in [0.25, 0.3) is 0 Å². The number of rotatable bonds is 6. The minimum absolute atomic E-state index is 0.219. The maximum absolute atomic E-state index is 11.2. The van der Waals surface area contributed by atoms with Crippen molar-refractivity contribution < 1.29 is 14.3 Å². The Bertz CT molecular complexity index is 334. The van der Waals surface area contributed by atoms with E-state index in [0.29, 0.717) is 13.0 Å². The summed E-state index contributed by atoms with van der Waals surface area (Å²) in [6.45, 7) is 3.37. The van der Waals surface area contributed by atoms with E-state index in [-0.39, 0.29) is 5.97 Å². The maximum atomic E-state index is 11.2. The fraction of sp³-hybridized carbons (Fsp3) is 0.462. The molecule has 0 spiro atoms. The third kappa shape index (κ3) is 4.03. The predicted molar refractivity (Wildman–Crippen MR) is 62.1 cm³/mol. The van der Waals surface area contributed by atoms with Crippen LogP contribution in [0.25, 0.3) is 0 Å². The molecule has 16 heavy (non-hydrogen) atoms. The summed E-state index contributed by atoms with van der Waals surface area (Å²) in [5, 5.41) is 0. The van der Waals surface area contributed by atoms with Crippen LogP contribution in [0.1, 0.15) is 24.5 Å². The number of esters is 1. The highest BCUT2D eigenvalue weighted by Gasteiger charge is 2.07. The Morgan fingerprint density at radius 2 is 1.94 bits per heavy atom. The first kappa shape index (κ1) is 12.7. The van der Waals surface area contributed by atoms with Gasteiger partial charge in [0.2, 0.25) is 0 Å². The van der Waals surface area contributed by atoms with Gasteiger partial charge in [-0.3, -0.25) is 4.79 Å². The van der Waals surface area contributed by atoms with E-state index in [9.17, 15) is 4.79 Å². The molecule has 0 N–H and O–H groups in total. The number of benzene rings is 1. The van der Waals surface area contributed by atoms with Gasteiger partial charge in [-0.15, -0.1) is 0 Å². The molecule has 0 amide bonds. The van der Waals surface area contributed by atoms with Crippen LogP contribution in [0, 0.1) is 0 Å². The van der Waals surface area contributed by atoms with E-state index in [1.165, 1.54) is 7.11 Å². The predicted octanol–water partition coefficient (Wildman–Crippen LogP) is 2.33. The van der Waals surface area contributed by atoms with Crippen LogP contribution in [0.15, 0.2) is 24.3 Å². The summed E-state index contributed by atoms with van der Waals surface area (Å²) in [4.78, 5) is 11.2. The number of hydrogen-bond acceptors (Lipinski definition) is 3. The van der Waals surface area contributed by atoms with Crippen LogP contribution in [0.3, 0.4) is 0 Å². The van der Waals surface area contributed by atoms with Gasteiger partial charge in [0.05, 0.1) is 20.1 Å². The Hall–Kier alpha value is -1.35. The molecule has 1 rings (SSSR count). The fourth-order valence-electron chi connectivity index (χ4n) is 1.42. The van der Waals surface area contributed by atoms with Gasteiger partial charge >= 0.3 is 5.97 Å². The van der Waals surface area contributed by atoms with Gasteiger partial charge in [0.15, 0.2) is 0 Å². The summed E-state index contributed by atoms with van der Waals surface area (Å²) in [7, 11) is 1.40. The lowest BCUT2D eigenvalue weighted by atomic mass is 10.1. The van der Waals surface area contributed by atoms with Gasteiger partial charge in [-0.05, 0) is 17.5 Å². The quantitative estimate of drug-likeness (QED) is 0.547. The molecule has 0 unspecified atom stereocenters. The molecule has 0 saturated heterocycles. The first-order chi connectivity index (χ1) is 7.77. The Balaban J connectivity index is 2.63. The number of carbonyl (C=O) groups is 1. The van der Waals surface area contributed by atoms with E-state index < -0.39 is 0 Å². The average molecular weight is 222 g/mol. The van der Waals surface area contributed by atoms with Crippen LogP contribution in [0.2, 0.25) is 0 Å². The molecule has 88 valence electrons. The first-order valence-corrected chi connectivity index (χ1v) is 5.49. The number of methoxy groups -OCH3 is 1. The zero-order valence-electron chi connectivity index (χ0n) is 9.86. The van der Waals surface area contributed by atoms with E-state index in [2.05, 4.69) is 11.7 Å². The summed E-state index contributed by atoms with van der Waals surface area (Å²) >= 11 is 0. The minimum Gasteiger partial charge on any atom is -0.469 e. The van der Waals surface area contributed by atoms with E-state index in [1.807, 2.05) is 24.3 Å². The molecule has 0 atom stereocenters. The molecule has 0 radical (unpaired) electrons. The van der Waals surface area contributed by atoms with E-state index in [1.54, 1.807) is 0 Å². The van der Waals surface area contributed by atoms with Crippen LogP contribution in [0.4, 0.5) is 0 Å². The second-order valence-corrected chi connectivity index (χ2v) is 3.57. The summed E-state index contributed by atoms with van der Waals surface area (Å²) in [6.07, 6.45) is 1.31. The molecule has 0 fully saturated rings. The molecule has 0 aliphatic rings. The highest BCUT2D eigenvalue weighted by molar-refractivity contribution is 5.72. The lowest BCUT2D eigenvalue weighted by molar-refractivity contribution is -0.139. The summed E-state index contributed by atoms with van der Waals surface area (Å²) in [6, 6.07) is 7.78. The topological polar surface area (TPSA) is 35.5 Å². The largest absolute Gasteiger partial charge is 0.469 e. The van der Waals surface area contributed by atoms with Gasteiger partial charge < -0.3 is 9.47 Å². The third-order valence-corrected chi connectivity index (χ3v) is 2.29.